The number of alkyl halides is 1. The van der Waals surface area contributed by atoms with Crippen LogP contribution >= 0.6 is 11.6 Å². The van der Waals surface area contributed by atoms with E-state index in [-0.39, 0.29) is 11.9 Å². The zero-order chi connectivity index (χ0) is 22.1. The van der Waals surface area contributed by atoms with Gasteiger partial charge in [0.25, 0.3) is 11.8 Å². The fourth-order valence-corrected chi connectivity index (χ4v) is 4.59. The molecule has 1 aliphatic rings. The second kappa shape index (κ2) is 8.63. The number of carbonyl (C=O) groups excluding carboxylic acids is 1. The van der Waals surface area contributed by atoms with Gasteiger partial charge in [-0.05, 0) is 36.6 Å². The molecule has 2 aromatic heterocycles. The average molecular weight is 451 g/mol. The quantitative estimate of drug-likeness (QED) is 0.450. The fraction of sp³-hybridized carbons (Fsp3) is 0.304. The van der Waals surface area contributed by atoms with Gasteiger partial charge < -0.3 is 14.2 Å². The summed E-state index contributed by atoms with van der Waals surface area (Å²) in [6.07, 6.45) is 3.76. The van der Waals surface area contributed by atoms with Crippen molar-refractivity contribution in [1.82, 2.24) is 29.9 Å². The standard InChI is InChI=1S/C23H23ClN6O2/c1-32-22-21(26-28-27-22)17-6-2-3-7-18(17)23(31)30-10-4-5-16(30)13-29-14-25-19-11-15(12-24)8-9-20(19)29/h2-3,6-9,11,14,16H,4-5,10,12-13H2,1H3,(H,26,27,28)/t16-/m0/s1. The first kappa shape index (κ1) is 20.5. The monoisotopic (exact) mass is 450 g/mol. The number of aromatic amines is 1. The van der Waals surface area contributed by atoms with Crippen LogP contribution in [0.5, 0.6) is 5.88 Å². The molecule has 1 atom stereocenters. The number of nitrogens with zero attached hydrogens (tertiary/aromatic N) is 5. The number of H-pyrrole nitrogens is 1. The van der Waals surface area contributed by atoms with Crippen LogP contribution in [0.2, 0.25) is 0 Å². The van der Waals surface area contributed by atoms with E-state index in [1.165, 1.54) is 7.11 Å². The number of imidazole rings is 1. The predicted molar refractivity (Wildman–Crippen MR) is 122 cm³/mol. The maximum absolute atomic E-state index is 13.6. The Hall–Kier alpha value is -3.39. The molecule has 1 N–H and O–H groups in total. The molecule has 0 bridgehead atoms. The van der Waals surface area contributed by atoms with Gasteiger partial charge in [0.2, 0.25) is 0 Å². The van der Waals surface area contributed by atoms with Gasteiger partial charge in [-0.1, -0.05) is 24.3 Å². The molecule has 0 radical (unpaired) electrons. The lowest BCUT2D eigenvalue weighted by Gasteiger charge is -2.26. The van der Waals surface area contributed by atoms with Crippen LogP contribution in [-0.4, -0.2) is 55.5 Å². The Bertz CT molecular complexity index is 1270. The van der Waals surface area contributed by atoms with Crippen molar-refractivity contribution in [2.75, 3.05) is 13.7 Å². The highest BCUT2D eigenvalue weighted by atomic mass is 35.5. The first-order valence-electron chi connectivity index (χ1n) is 10.5. The van der Waals surface area contributed by atoms with Crippen LogP contribution in [0.3, 0.4) is 0 Å². The lowest BCUT2D eigenvalue weighted by Crippen LogP contribution is -2.38. The molecular formula is C23H23ClN6O2. The average Bonchev–Trinajstić information content (AvgIpc) is 3.58. The number of halogens is 1. The van der Waals surface area contributed by atoms with Crippen molar-refractivity contribution in [3.63, 3.8) is 0 Å². The number of likely N-dealkylation sites (tertiary alicyclic amines) is 1. The number of aromatic nitrogens is 5. The highest BCUT2D eigenvalue weighted by molar-refractivity contribution is 6.17. The van der Waals surface area contributed by atoms with E-state index < -0.39 is 0 Å². The normalized spacial score (nSPS) is 16.1. The Balaban J connectivity index is 1.43. The summed E-state index contributed by atoms with van der Waals surface area (Å²) in [6.45, 7) is 1.41. The van der Waals surface area contributed by atoms with Gasteiger partial charge >= 0.3 is 0 Å². The second-order valence-electron chi connectivity index (χ2n) is 7.88. The molecule has 4 aromatic rings. The topological polar surface area (TPSA) is 88.9 Å². The minimum Gasteiger partial charge on any atom is -0.478 e. The van der Waals surface area contributed by atoms with Gasteiger partial charge in [-0.3, -0.25) is 4.79 Å². The van der Waals surface area contributed by atoms with Gasteiger partial charge in [-0.2, -0.15) is 10.3 Å². The van der Waals surface area contributed by atoms with Crippen molar-refractivity contribution in [1.29, 1.82) is 0 Å². The number of methoxy groups -OCH3 is 1. The van der Waals surface area contributed by atoms with Gasteiger partial charge in [-0.25, -0.2) is 4.98 Å². The summed E-state index contributed by atoms with van der Waals surface area (Å²) in [6, 6.07) is 13.6. The molecule has 0 unspecified atom stereocenters. The van der Waals surface area contributed by atoms with E-state index in [4.69, 9.17) is 16.3 Å². The summed E-state index contributed by atoms with van der Waals surface area (Å²) < 4.78 is 7.42. The smallest absolute Gasteiger partial charge is 0.261 e. The van der Waals surface area contributed by atoms with Crippen molar-refractivity contribution in [3.8, 4) is 17.1 Å². The molecule has 1 amide bonds. The fourth-order valence-electron chi connectivity index (χ4n) is 4.43. The molecule has 1 fully saturated rings. The van der Waals surface area contributed by atoms with E-state index in [2.05, 4.69) is 25.0 Å². The third kappa shape index (κ3) is 3.60. The molecule has 0 spiro atoms. The third-order valence-corrected chi connectivity index (χ3v) is 6.32. The van der Waals surface area contributed by atoms with Crippen molar-refractivity contribution in [3.05, 3.63) is 59.9 Å². The molecule has 0 aliphatic carbocycles. The molecule has 32 heavy (non-hydrogen) atoms. The number of ether oxygens (including phenoxy) is 1. The van der Waals surface area contributed by atoms with Crippen LogP contribution in [0.15, 0.2) is 48.8 Å². The zero-order valence-corrected chi connectivity index (χ0v) is 18.4. The minimum atomic E-state index is -0.0120. The number of nitrogens with one attached hydrogen (secondary N) is 1. The van der Waals surface area contributed by atoms with Crippen LogP contribution in [0.25, 0.3) is 22.3 Å². The maximum Gasteiger partial charge on any atom is 0.261 e. The number of amides is 1. The molecular weight excluding hydrogens is 428 g/mol. The Morgan fingerprint density at radius 3 is 2.97 bits per heavy atom. The summed E-state index contributed by atoms with van der Waals surface area (Å²) in [4.78, 5) is 20.1. The SMILES string of the molecule is COc1n[nH]nc1-c1ccccc1C(=O)N1CCC[C@H]1Cn1cnc2cc(CCl)ccc21. The van der Waals surface area contributed by atoms with E-state index in [0.717, 1.165) is 36.0 Å². The number of rotatable bonds is 6. The van der Waals surface area contributed by atoms with E-state index >= 15 is 0 Å². The molecule has 164 valence electrons. The Morgan fingerprint density at radius 1 is 1.25 bits per heavy atom. The van der Waals surface area contributed by atoms with Crippen molar-refractivity contribution in [2.45, 2.75) is 31.3 Å². The van der Waals surface area contributed by atoms with E-state index in [1.54, 1.807) is 0 Å². The third-order valence-electron chi connectivity index (χ3n) is 6.01. The minimum absolute atomic E-state index is 0.0120. The summed E-state index contributed by atoms with van der Waals surface area (Å²) in [7, 11) is 1.54. The highest BCUT2D eigenvalue weighted by Crippen LogP contribution is 2.31. The molecule has 1 aliphatic heterocycles. The molecule has 3 heterocycles. The first-order chi connectivity index (χ1) is 15.7. The molecule has 0 saturated carbocycles. The molecule has 8 nitrogen and oxygen atoms in total. The van der Waals surface area contributed by atoms with Crippen LogP contribution in [0, 0.1) is 0 Å². The molecule has 9 heteroatoms. The lowest BCUT2D eigenvalue weighted by atomic mass is 10.0. The Labute approximate surface area is 190 Å². The van der Waals surface area contributed by atoms with Gasteiger partial charge in [-0.15, -0.1) is 16.7 Å². The highest BCUT2D eigenvalue weighted by Gasteiger charge is 2.32. The molecule has 5 rings (SSSR count). The van der Waals surface area contributed by atoms with E-state index in [0.29, 0.717) is 35.1 Å². The lowest BCUT2D eigenvalue weighted by molar-refractivity contribution is 0.0726. The van der Waals surface area contributed by atoms with Crippen LogP contribution in [0.1, 0.15) is 28.8 Å². The van der Waals surface area contributed by atoms with Gasteiger partial charge in [0, 0.05) is 30.1 Å². The number of hydrogen-bond donors (Lipinski definition) is 1. The number of benzene rings is 2. The first-order valence-corrected chi connectivity index (χ1v) is 11.1. The summed E-state index contributed by atoms with van der Waals surface area (Å²) in [5.41, 5.74) is 4.84. The van der Waals surface area contributed by atoms with Crippen LogP contribution in [0.4, 0.5) is 0 Å². The maximum atomic E-state index is 13.6. The van der Waals surface area contributed by atoms with Gasteiger partial charge in [0.1, 0.15) is 0 Å². The number of hydrogen-bond acceptors (Lipinski definition) is 5. The summed E-state index contributed by atoms with van der Waals surface area (Å²) in [5, 5.41) is 10.8. The molecule has 1 saturated heterocycles. The van der Waals surface area contributed by atoms with E-state index in [1.807, 2.05) is 53.7 Å². The van der Waals surface area contributed by atoms with Crippen molar-refractivity contribution < 1.29 is 9.53 Å². The largest absolute Gasteiger partial charge is 0.478 e. The summed E-state index contributed by atoms with van der Waals surface area (Å²) >= 11 is 5.96. The number of carbonyl (C=O) groups is 1. The van der Waals surface area contributed by atoms with Crippen molar-refractivity contribution in [2.24, 2.45) is 0 Å². The predicted octanol–water partition coefficient (Wildman–Crippen LogP) is 3.87. The van der Waals surface area contributed by atoms with Crippen LogP contribution < -0.4 is 4.74 Å². The van der Waals surface area contributed by atoms with Gasteiger partial charge in [0.15, 0.2) is 5.69 Å². The van der Waals surface area contributed by atoms with Crippen molar-refractivity contribution >= 4 is 28.5 Å². The Morgan fingerprint density at radius 2 is 2.12 bits per heavy atom. The number of fused-ring (bicyclic) bond motifs is 1. The summed E-state index contributed by atoms with van der Waals surface area (Å²) in [5.74, 6) is 0.815. The van der Waals surface area contributed by atoms with E-state index in [9.17, 15) is 4.79 Å². The second-order valence-corrected chi connectivity index (χ2v) is 8.14. The van der Waals surface area contributed by atoms with Crippen LogP contribution in [-0.2, 0) is 12.4 Å². The van der Waals surface area contributed by atoms with Gasteiger partial charge in [0.05, 0.1) is 30.5 Å². The Kier molecular flexibility index (Phi) is 5.53. The zero-order valence-electron chi connectivity index (χ0n) is 17.7. The molecule has 2 aromatic carbocycles.